The summed E-state index contributed by atoms with van der Waals surface area (Å²) in [6, 6.07) is 5.57. The van der Waals surface area contributed by atoms with Crippen LogP contribution in [0.25, 0.3) is 0 Å². The lowest BCUT2D eigenvalue weighted by Gasteiger charge is -2.35. The normalized spacial score (nSPS) is 19.3. The molecule has 1 unspecified atom stereocenters. The highest BCUT2D eigenvalue weighted by molar-refractivity contribution is 9.10. The van der Waals surface area contributed by atoms with Crippen molar-refractivity contribution in [3.05, 3.63) is 33.8 Å². The molecule has 3 nitrogen and oxygen atoms in total. The molecular formula is C14H17BrN2OS. The van der Waals surface area contributed by atoms with Crippen LogP contribution in [0.3, 0.4) is 0 Å². The summed E-state index contributed by atoms with van der Waals surface area (Å²) in [5.74, 6) is 0.0244. The minimum absolute atomic E-state index is 0.0244. The molecule has 1 aromatic carbocycles. The van der Waals surface area contributed by atoms with Crippen molar-refractivity contribution in [3.63, 3.8) is 0 Å². The lowest BCUT2D eigenvalue weighted by molar-refractivity contribution is 0.0680. The first-order valence-electron chi connectivity index (χ1n) is 6.37. The van der Waals surface area contributed by atoms with Crippen molar-refractivity contribution in [1.82, 2.24) is 4.90 Å². The van der Waals surface area contributed by atoms with E-state index in [1.165, 1.54) is 0 Å². The molecule has 2 rings (SSSR count). The Hall–Kier alpha value is -0.940. The zero-order chi connectivity index (χ0) is 14.0. The lowest BCUT2D eigenvalue weighted by Crippen LogP contribution is -2.49. The van der Waals surface area contributed by atoms with Crippen LogP contribution in [0.1, 0.15) is 35.2 Å². The summed E-state index contributed by atoms with van der Waals surface area (Å²) in [4.78, 5) is 14.9. The second-order valence-electron chi connectivity index (χ2n) is 4.82. The third kappa shape index (κ3) is 2.98. The Bertz CT molecular complexity index is 518. The second kappa shape index (κ2) is 6.01. The van der Waals surface area contributed by atoms with Gasteiger partial charge in [-0.05, 0) is 43.9 Å². The van der Waals surface area contributed by atoms with Crippen LogP contribution in [0.5, 0.6) is 0 Å². The number of amides is 1. The molecule has 1 amide bonds. The molecule has 1 aliphatic rings. The number of thiocarbonyl (C=S) groups is 1. The van der Waals surface area contributed by atoms with E-state index in [1.807, 2.05) is 30.0 Å². The number of carbonyl (C=O) groups is 1. The topological polar surface area (TPSA) is 46.3 Å². The molecule has 0 bridgehead atoms. The number of benzene rings is 1. The molecule has 0 radical (unpaired) electrons. The minimum Gasteiger partial charge on any atom is -0.392 e. The van der Waals surface area contributed by atoms with Crippen molar-refractivity contribution in [2.75, 3.05) is 6.54 Å². The zero-order valence-electron chi connectivity index (χ0n) is 10.9. The van der Waals surface area contributed by atoms with Crippen LogP contribution in [-0.2, 0) is 0 Å². The molecule has 0 aromatic heterocycles. The van der Waals surface area contributed by atoms with Gasteiger partial charge in [-0.15, -0.1) is 0 Å². The maximum absolute atomic E-state index is 12.7. The van der Waals surface area contributed by atoms with Gasteiger partial charge >= 0.3 is 0 Å². The van der Waals surface area contributed by atoms with Crippen molar-refractivity contribution in [2.45, 2.75) is 32.2 Å². The first-order valence-corrected chi connectivity index (χ1v) is 7.58. The van der Waals surface area contributed by atoms with Crippen LogP contribution in [0, 0.1) is 6.92 Å². The van der Waals surface area contributed by atoms with Gasteiger partial charge in [-0.3, -0.25) is 4.79 Å². The van der Waals surface area contributed by atoms with Crippen molar-refractivity contribution >= 4 is 39.0 Å². The van der Waals surface area contributed by atoms with Crippen LogP contribution >= 0.6 is 28.1 Å². The number of nitrogens with two attached hydrogens (primary N) is 1. The summed E-state index contributed by atoms with van der Waals surface area (Å²) in [6.45, 7) is 2.67. The van der Waals surface area contributed by atoms with Crippen LogP contribution in [-0.4, -0.2) is 28.4 Å². The summed E-state index contributed by atoms with van der Waals surface area (Å²) in [7, 11) is 0. The Morgan fingerprint density at radius 3 is 2.89 bits per heavy atom. The predicted octanol–water partition coefficient (Wildman–Crippen LogP) is 3.04. The number of halogens is 1. The van der Waals surface area contributed by atoms with Crippen molar-refractivity contribution < 1.29 is 4.79 Å². The number of piperidine rings is 1. The van der Waals surface area contributed by atoms with E-state index in [1.54, 1.807) is 0 Å². The SMILES string of the molecule is Cc1c(Br)cccc1C(=O)N1CCCCC1C(N)=S. The highest BCUT2D eigenvalue weighted by atomic mass is 79.9. The zero-order valence-corrected chi connectivity index (χ0v) is 13.3. The largest absolute Gasteiger partial charge is 0.392 e. The van der Waals surface area contributed by atoms with Gasteiger partial charge in [0.1, 0.15) is 0 Å². The van der Waals surface area contributed by atoms with Gasteiger partial charge in [0, 0.05) is 16.6 Å². The maximum atomic E-state index is 12.7. The van der Waals surface area contributed by atoms with E-state index in [-0.39, 0.29) is 11.9 Å². The van der Waals surface area contributed by atoms with Crippen LogP contribution in [0.15, 0.2) is 22.7 Å². The first kappa shape index (κ1) is 14.5. The average Bonchev–Trinajstić information content (AvgIpc) is 2.41. The monoisotopic (exact) mass is 340 g/mol. The van der Waals surface area contributed by atoms with Gasteiger partial charge in [0.25, 0.3) is 5.91 Å². The Morgan fingerprint density at radius 1 is 1.47 bits per heavy atom. The van der Waals surface area contributed by atoms with E-state index >= 15 is 0 Å². The summed E-state index contributed by atoms with van der Waals surface area (Å²) in [5, 5.41) is 0. The number of likely N-dealkylation sites (tertiary alicyclic amines) is 1. The smallest absolute Gasteiger partial charge is 0.254 e. The van der Waals surface area contributed by atoms with Gasteiger partial charge in [-0.1, -0.05) is 34.2 Å². The Morgan fingerprint density at radius 2 is 2.21 bits per heavy atom. The van der Waals surface area contributed by atoms with E-state index in [0.29, 0.717) is 4.99 Å². The minimum atomic E-state index is -0.102. The van der Waals surface area contributed by atoms with Gasteiger partial charge in [0.05, 0.1) is 11.0 Å². The molecule has 5 heteroatoms. The van der Waals surface area contributed by atoms with Gasteiger partial charge in [-0.2, -0.15) is 0 Å². The molecule has 102 valence electrons. The molecule has 1 saturated heterocycles. The fraction of sp³-hybridized carbons (Fsp3) is 0.429. The molecule has 0 spiro atoms. The maximum Gasteiger partial charge on any atom is 0.254 e. The molecule has 0 saturated carbocycles. The van der Waals surface area contributed by atoms with E-state index < -0.39 is 0 Å². The van der Waals surface area contributed by atoms with Gasteiger partial charge < -0.3 is 10.6 Å². The molecule has 19 heavy (non-hydrogen) atoms. The highest BCUT2D eigenvalue weighted by Crippen LogP contribution is 2.24. The molecule has 1 atom stereocenters. The van der Waals surface area contributed by atoms with E-state index in [0.717, 1.165) is 41.4 Å². The van der Waals surface area contributed by atoms with Crippen LogP contribution in [0.2, 0.25) is 0 Å². The summed E-state index contributed by atoms with van der Waals surface area (Å²) in [5.41, 5.74) is 7.45. The van der Waals surface area contributed by atoms with Gasteiger partial charge in [0.2, 0.25) is 0 Å². The standard InChI is InChI=1S/C14H17BrN2OS/c1-9-10(5-4-6-11(9)15)14(18)17-8-3-2-7-12(17)13(16)19/h4-6,12H,2-3,7-8H2,1H3,(H2,16,19). The summed E-state index contributed by atoms with van der Waals surface area (Å²) in [6.07, 6.45) is 2.95. The molecule has 1 aromatic rings. The molecule has 1 fully saturated rings. The first-order chi connectivity index (χ1) is 9.02. The van der Waals surface area contributed by atoms with Crippen LogP contribution in [0.4, 0.5) is 0 Å². The van der Waals surface area contributed by atoms with Gasteiger partial charge in [0.15, 0.2) is 0 Å². The van der Waals surface area contributed by atoms with Crippen molar-refractivity contribution in [1.29, 1.82) is 0 Å². The number of nitrogens with zero attached hydrogens (tertiary/aromatic N) is 1. The summed E-state index contributed by atoms with van der Waals surface area (Å²) < 4.78 is 0.947. The third-order valence-electron chi connectivity index (χ3n) is 3.59. The average molecular weight is 341 g/mol. The molecule has 0 aliphatic carbocycles. The van der Waals surface area contributed by atoms with E-state index in [4.69, 9.17) is 18.0 Å². The molecule has 1 heterocycles. The number of hydrogen-bond acceptors (Lipinski definition) is 2. The highest BCUT2D eigenvalue weighted by Gasteiger charge is 2.30. The fourth-order valence-corrected chi connectivity index (χ4v) is 3.08. The van der Waals surface area contributed by atoms with Crippen LogP contribution < -0.4 is 5.73 Å². The van der Waals surface area contributed by atoms with E-state index in [2.05, 4.69) is 15.9 Å². The molecule has 2 N–H and O–H groups in total. The molecular weight excluding hydrogens is 324 g/mol. The van der Waals surface area contributed by atoms with Crippen molar-refractivity contribution in [3.8, 4) is 0 Å². The Labute approximate surface area is 127 Å². The number of hydrogen-bond donors (Lipinski definition) is 1. The predicted molar refractivity (Wildman–Crippen MR) is 84.3 cm³/mol. The third-order valence-corrected chi connectivity index (χ3v) is 4.72. The number of rotatable bonds is 2. The van der Waals surface area contributed by atoms with Crippen molar-refractivity contribution in [2.24, 2.45) is 5.73 Å². The lowest BCUT2D eigenvalue weighted by atomic mass is 9.99. The fourth-order valence-electron chi connectivity index (χ4n) is 2.46. The Kier molecular flexibility index (Phi) is 4.58. The van der Waals surface area contributed by atoms with Gasteiger partial charge in [-0.25, -0.2) is 0 Å². The quantitative estimate of drug-likeness (QED) is 0.841. The number of carbonyl (C=O) groups excluding carboxylic acids is 1. The summed E-state index contributed by atoms with van der Waals surface area (Å²) >= 11 is 8.56. The van der Waals surface area contributed by atoms with E-state index in [9.17, 15) is 4.79 Å². The molecule has 1 aliphatic heterocycles. The second-order valence-corrected chi connectivity index (χ2v) is 6.15. The Balaban J connectivity index is 2.31.